The molecule has 0 spiro atoms. The largest absolute Gasteiger partial charge is 0.504 e. The highest BCUT2D eigenvalue weighted by Gasteiger charge is 2.26. The molecule has 0 unspecified atom stereocenters. The summed E-state index contributed by atoms with van der Waals surface area (Å²) in [4.78, 5) is 17.0. The maximum Gasteiger partial charge on any atom is 0.264 e. The van der Waals surface area contributed by atoms with Crippen LogP contribution in [-0.2, 0) is 4.79 Å². The predicted octanol–water partition coefficient (Wildman–Crippen LogP) is 1.81. The van der Waals surface area contributed by atoms with Crippen LogP contribution in [0.15, 0.2) is 36.7 Å². The summed E-state index contributed by atoms with van der Waals surface area (Å²) in [7, 11) is 1.66. The van der Waals surface area contributed by atoms with E-state index in [1.165, 1.54) is 4.90 Å². The summed E-state index contributed by atoms with van der Waals surface area (Å²) in [5, 5.41) is 10.3. The molecule has 0 bridgehead atoms. The number of aromatic nitrogens is 1. The Balaban J connectivity index is 2.14. The van der Waals surface area contributed by atoms with Crippen LogP contribution in [0.3, 0.4) is 0 Å². The molecule has 96 valence electrons. The highest BCUT2D eigenvalue weighted by molar-refractivity contribution is 5.99. The summed E-state index contributed by atoms with van der Waals surface area (Å²) in [6.45, 7) is -0.0620. The second-order valence-corrected chi connectivity index (χ2v) is 4.29. The molecular formula is C14H12N2O3. The van der Waals surface area contributed by atoms with E-state index in [2.05, 4.69) is 4.98 Å². The Hall–Kier alpha value is -2.56. The monoisotopic (exact) mass is 256 g/mol. The van der Waals surface area contributed by atoms with Crippen molar-refractivity contribution in [2.45, 2.75) is 0 Å². The Morgan fingerprint density at radius 1 is 1.37 bits per heavy atom. The Morgan fingerprint density at radius 2 is 2.21 bits per heavy atom. The van der Waals surface area contributed by atoms with Crippen LogP contribution in [0.2, 0.25) is 0 Å². The predicted molar refractivity (Wildman–Crippen MR) is 70.2 cm³/mol. The summed E-state index contributed by atoms with van der Waals surface area (Å²) < 4.78 is 5.34. The fourth-order valence-corrected chi connectivity index (χ4v) is 2.09. The van der Waals surface area contributed by atoms with E-state index < -0.39 is 0 Å². The zero-order valence-corrected chi connectivity index (χ0v) is 10.3. The molecule has 1 N–H and O–H groups in total. The highest BCUT2D eigenvalue weighted by Crippen LogP contribution is 2.44. The number of rotatable bonds is 1. The van der Waals surface area contributed by atoms with Gasteiger partial charge in [0, 0.05) is 30.6 Å². The number of anilines is 1. The lowest BCUT2D eigenvalue weighted by molar-refractivity contribution is -0.121. The number of likely N-dealkylation sites (N-methyl/N-ethyl adjacent to an activating group) is 1. The average molecular weight is 256 g/mol. The van der Waals surface area contributed by atoms with Gasteiger partial charge in [-0.3, -0.25) is 9.78 Å². The van der Waals surface area contributed by atoms with Gasteiger partial charge in [0.05, 0.1) is 5.69 Å². The molecule has 2 heterocycles. The minimum Gasteiger partial charge on any atom is -0.504 e. The minimum absolute atomic E-state index is 0.0323. The molecule has 5 heteroatoms. The van der Waals surface area contributed by atoms with E-state index in [0.717, 1.165) is 5.56 Å². The zero-order chi connectivity index (χ0) is 13.4. The summed E-state index contributed by atoms with van der Waals surface area (Å²) in [5.41, 5.74) is 2.00. The average Bonchev–Trinajstić information content (AvgIpc) is 2.44. The van der Waals surface area contributed by atoms with Gasteiger partial charge in [0.25, 0.3) is 5.91 Å². The number of hydrogen-bond acceptors (Lipinski definition) is 4. The van der Waals surface area contributed by atoms with Crippen LogP contribution in [0, 0.1) is 0 Å². The molecule has 0 aliphatic carbocycles. The lowest BCUT2D eigenvalue weighted by atomic mass is 10.0. The number of phenolic OH excluding ortho intramolecular Hbond substituents is 1. The lowest BCUT2D eigenvalue weighted by Crippen LogP contribution is -2.35. The number of benzene rings is 1. The maximum absolute atomic E-state index is 11.5. The quantitative estimate of drug-likeness (QED) is 0.845. The number of fused-ring (bicyclic) bond motifs is 1. The van der Waals surface area contributed by atoms with E-state index >= 15 is 0 Å². The van der Waals surface area contributed by atoms with Crippen LogP contribution in [0.1, 0.15) is 0 Å². The molecule has 3 rings (SSSR count). The van der Waals surface area contributed by atoms with Crippen LogP contribution in [-0.4, -0.2) is 29.7 Å². The Kier molecular flexibility index (Phi) is 2.59. The molecule has 0 atom stereocenters. The number of carbonyl (C=O) groups is 1. The van der Waals surface area contributed by atoms with Crippen molar-refractivity contribution in [3.05, 3.63) is 36.7 Å². The fraction of sp³-hybridized carbons (Fsp3) is 0.143. The molecule has 0 radical (unpaired) electrons. The zero-order valence-electron chi connectivity index (χ0n) is 10.3. The molecule has 0 saturated heterocycles. The lowest BCUT2D eigenvalue weighted by Gasteiger charge is -2.27. The number of phenols is 1. The van der Waals surface area contributed by atoms with Gasteiger partial charge in [-0.15, -0.1) is 0 Å². The maximum atomic E-state index is 11.5. The standard InChI is InChI=1S/C14H12N2O3/c1-16-11-5-4-10(9-3-2-6-15-7-9)13(18)14(11)19-8-12(16)17/h2-7,18H,8H2,1H3. The first-order valence-electron chi connectivity index (χ1n) is 5.84. The third-order valence-corrected chi connectivity index (χ3v) is 3.16. The second kappa shape index (κ2) is 4.28. The summed E-state index contributed by atoms with van der Waals surface area (Å²) in [6, 6.07) is 7.16. The Morgan fingerprint density at radius 3 is 2.95 bits per heavy atom. The van der Waals surface area contributed by atoms with Gasteiger partial charge in [0.2, 0.25) is 0 Å². The molecule has 0 saturated carbocycles. The van der Waals surface area contributed by atoms with E-state index in [1.54, 1.807) is 37.6 Å². The third-order valence-electron chi connectivity index (χ3n) is 3.16. The number of hydrogen-bond donors (Lipinski definition) is 1. The first kappa shape index (κ1) is 11.5. The fourth-order valence-electron chi connectivity index (χ4n) is 2.09. The van der Waals surface area contributed by atoms with E-state index in [9.17, 15) is 9.90 Å². The van der Waals surface area contributed by atoms with Gasteiger partial charge < -0.3 is 14.7 Å². The molecule has 1 aromatic carbocycles. The van der Waals surface area contributed by atoms with Gasteiger partial charge in [-0.1, -0.05) is 6.07 Å². The number of aromatic hydroxyl groups is 1. The van der Waals surface area contributed by atoms with Crippen molar-refractivity contribution in [2.75, 3.05) is 18.6 Å². The van der Waals surface area contributed by atoms with Crippen molar-refractivity contribution in [1.29, 1.82) is 0 Å². The number of amides is 1. The van der Waals surface area contributed by atoms with E-state index in [-0.39, 0.29) is 18.3 Å². The molecule has 5 nitrogen and oxygen atoms in total. The second-order valence-electron chi connectivity index (χ2n) is 4.29. The van der Waals surface area contributed by atoms with Gasteiger partial charge >= 0.3 is 0 Å². The molecule has 2 aromatic rings. The van der Waals surface area contributed by atoms with Gasteiger partial charge in [-0.25, -0.2) is 0 Å². The number of nitrogens with zero attached hydrogens (tertiary/aromatic N) is 2. The first-order chi connectivity index (χ1) is 9.18. The van der Waals surface area contributed by atoms with E-state index in [1.807, 2.05) is 6.07 Å². The van der Waals surface area contributed by atoms with Crippen molar-refractivity contribution >= 4 is 11.6 Å². The van der Waals surface area contributed by atoms with E-state index in [4.69, 9.17) is 4.74 Å². The van der Waals surface area contributed by atoms with Crippen molar-refractivity contribution in [2.24, 2.45) is 0 Å². The smallest absolute Gasteiger partial charge is 0.264 e. The third kappa shape index (κ3) is 1.79. The molecule has 1 aliphatic heterocycles. The molecule has 1 aliphatic rings. The van der Waals surface area contributed by atoms with E-state index in [0.29, 0.717) is 17.0 Å². The molecule has 19 heavy (non-hydrogen) atoms. The van der Waals surface area contributed by atoms with Gasteiger partial charge in [0.15, 0.2) is 18.1 Å². The van der Waals surface area contributed by atoms with Crippen LogP contribution in [0.5, 0.6) is 11.5 Å². The van der Waals surface area contributed by atoms with Crippen molar-refractivity contribution < 1.29 is 14.6 Å². The first-order valence-corrected chi connectivity index (χ1v) is 5.84. The summed E-state index contributed by atoms with van der Waals surface area (Å²) in [5.74, 6) is 0.231. The van der Waals surface area contributed by atoms with Gasteiger partial charge in [0.1, 0.15) is 0 Å². The molecule has 0 fully saturated rings. The topological polar surface area (TPSA) is 62.7 Å². The number of carbonyl (C=O) groups excluding carboxylic acids is 1. The number of pyridine rings is 1. The van der Waals surface area contributed by atoms with Crippen LogP contribution in [0.25, 0.3) is 11.1 Å². The summed E-state index contributed by atoms with van der Waals surface area (Å²) >= 11 is 0. The SMILES string of the molecule is CN1C(=O)COc2c1ccc(-c1cccnc1)c2O. The van der Waals surface area contributed by atoms with Gasteiger partial charge in [-0.2, -0.15) is 0 Å². The number of ether oxygens (including phenoxy) is 1. The minimum atomic E-state index is -0.138. The normalized spacial score (nSPS) is 13.9. The van der Waals surface area contributed by atoms with Crippen LogP contribution in [0.4, 0.5) is 5.69 Å². The summed E-state index contributed by atoms with van der Waals surface area (Å²) in [6.07, 6.45) is 3.33. The molecular weight excluding hydrogens is 244 g/mol. The van der Waals surface area contributed by atoms with Crippen molar-refractivity contribution in [1.82, 2.24) is 4.98 Å². The Bertz CT molecular complexity index is 641. The van der Waals surface area contributed by atoms with Crippen molar-refractivity contribution in [3.8, 4) is 22.6 Å². The van der Waals surface area contributed by atoms with Crippen LogP contribution < -0.4 is 9.64 Å². The Labute approximate surface area is 110 Å². The van der Waals surface area contributed by atoms with Crippen molar-refractivity contribution in [3.63, 3.8) is 0 Å². The van der Waals surface area contributed by atoms with Gasteiger partial charge in [-0.05, 0) is 18.2 Å². The van der Waals surface area contributed by atoms with Crippen LogP contribution >= 0.6 is 0 Å². The molecule has 1 amide bonds. The molecule has 1 aromatic heterocycles. The highest BCUT2D eigenvalue weighted by atomic mass is 16.5.